The molecule has 0 spiro atoms. The number of methoxy groups -OCH3 is 2. The Labute approximate surface area is 192 Å². The molecule has 2 fully saturated rings. The van der Waals surface area contributed by atoms with E-state index in [1.165, 1.54) is 28.1 Å². The summed E-state index contributed by atoms with van der Waals surface area (Å²) in [4.78, 5) is 22.7. The fourth-order valence-corrected chi connectivity index (χ4v) is 4.77. The zero-order chi connectivity index (χ0) is 23.8. The molecule has 4 atom stereocenters. The Morgan fingerprint density at radius 3 is 2.09 bits per heavy atom. The van der Waals surface area contributed by atoms with E-state index < -0.39 is 17.5 Å². The van der Waals surface area contributed by atoms with E-state index in [2.05, 4.69) is 0 Å². The van der Waals surface area contributed by atoms with Gasteiger partial charge in [-0.1, -0.05) is 12.1 Å². The Kier molecular flexibility index (Phi) is 6.32. The number of carbonyl (C=O) groups excluding carboxylic acids is 2. The van der Waals surface area contributed by atoms with Gasteiger partial charge in [0.15, 0.2) is 23.0 Å². The molecule has 2 aliphatic rings. The van der Waals surface area contributed by atoms with Crippen LogP contribution in [0.1, 0.15) is 38.0 Å². The summed E-state index contributed by atoms with van der Waals surface area (Å²) in [7, 11) is 3.07. The number of esters is 2. The van der Waals surface area contributed by atoms with Gasteiger partial charge in [-0.05, 0) is 42.3 Å². The molecule has 2 heterocycles. The van der Waals surface area contributed by atoms with Gasteiger partial charge in [-0.25, -0.2) is 0 Å². The number of fused-ring (bicyclic) bond motifs is 1. The second kappa shape index (κ2) is 9.03. The molecule has 2 saturated heterocycles. The van der Waals surface area contributed by atoms with Crippen LogP contribution in [0.3, 0.4) is 0 Å². The van der Waals surface area contributed by atoms with E-state index in [0.717, 1.165) is 11.1 Å². The third-order valence-corrected chi connectivity index (χ3v) is 6.40. The molecule has 0 unspecified atom stereocenters. The minimum Gasteiger partial charge on any atom is -0.493 e. The van der Waals surface area contributed by atoms with Gasteiger partial charge in [0.25, 0.3) is 0 Å². The Hall–Kier alpha value is -3.10. The van der Waals surface area contributed by atoms with Gasteiger partial charge in [-0.2, -0.15) is 0 Å². The van der Waals surface area contributed by atoms with Crippen molar-refractivity contribution in [1.82, 2.24) is 0 Å². The molecular weight excluding hydrogens is 428 g/mol. The fourth-order valence-electron chi connectivity index (χ4n) is 4.77. The maximum absolute atomic E-state index is 11.4. The van der Waals surface area contributed by atoms with Gasteiger partial charge in [-0.15, -0.1) is 0 Å². The second-order valence-corrected chi connectivity index (χ2v) is 8.41. The van der Waals surface area contributed by atoms with Gasteiger partial charge in [0, 0.05) is 25.7 Å². The van der Waals surface area contributed by atoms with Gasteiger partial charge >= 0.3 is 11.9 Å². The smallest absolute Gasteiger partial charge is 0.308 e. The van der Waals surface area contributed by atoms with Crippen LogP contribution in [-0.4, -0.2) is 39.4 Å². The van der Waals surface area contributed by atoms with Gasteiger partial charge in [0.1, 0.15) is 0 Å². The summed E-state index contributed by atoms with van der Waals surface area (Å²) in [5.74, 6) is 1.09. The number of rotatable bonds is 6. The van der Waals surface area contributed by atoms with Crippen molar-refractivity contribution in [3.8, 4) is 23.0 Å². The average Bonchev–Trinajstić information content (AvgIpc) is 3.35. The van der Waals surface area contributed by atoms with Crippen molar-refractivity contribution in [1.29, 1.82) is 0 Å². The zero-order valence-electron chi connectivity index (χ0n) is 19.4. The fraction of sp³-hybridized carbons (Fsp3) is 0.440. The van der Waals surface area contributed by atoms with E-state index in [4.69, 9.17) is 28.4 Å². The minimum atomic E-state index is -0.594. The topological polar surface area (TPSA) is 89.5 Å². The van der Waals surface area contributed by atoms with Crippen molar-refractivity contribution < 1.29 is 38.0 Å². The molecular formula is C25H28O8. The molecule has 4 rings (SSSR count). The average molecular weight is 456 g/mol. The van der Waals surface area contributed by atoms with Crippen molar-refractivity contribution in [2.45, 2.75) is 32.5 Å². The molecule has 2 aromatic carbocycles. The van der Waals surface area contributed by atoms with Crippen molar-refractivity contribution in [3.63, 3.8) is 0 Å². The standard InChI is InChI=1S/C25H28O8/c1-14(26)32-20-8-6-16(10-22(20)28-4)24-18-12-31-25(3,19(18)13-30-24)17-7-9-21(33-15(2)27)23(11-17)29-5/h6-11,18-19,24H,12-13H2,1-5H3/t18-,19-,24+,25+/m0/s1. The normalized spacial score (nSPS) is 25.9. The first-order chi connectivity index (χ1) is 15.8. The highest BCUT2D eigenvalue weighted by molar-refractivity contribution is 5.71. The van der Waals surface area contributed by atoms with E-state index >= 15 is 0 Å². The lowest BCUT2D eigenvalue weighted by molar-refractivity contribution is -0.132. The van der Waals surface area contributed by atoms with E-state index in [1.807, 2.05) is 31.2 Å². The molecule has 0 aliphatic carbocycles. The Bertz CT molecular complexity index is 1060. The molecule has 0 aromatic heterocycles. The second-order valence-electron chi connectivity index (χ2n) is 8.41. The van der Waals surface area contributed by atoms with Gasteiger partial charge in [0.2, 0.25) is 0 Å². The molecule has 0 N–H and O–H groups in total. The summed E-state index contributed by atoms with van der Waals surface area (Å²) < 4.78 is 33.9. The molecule has 33 heavy (non-hydrogen) atoms. The van der Waals surface area contributed by atoms with Crippen LogP contribution in [0.4, 0.5) is 0 Å². The molecule has 8 heteroatoms. The number of hydrogen-bond acceptors (Lipinski definition) is 8. The van der Waals surface area contributed by atoms with Crippen molar-refractivity contribution >= 4 is 11.9 Å². The molecule has 176 valence electrons. The van der Waals surface area contributed by atoms with E-state index in [9.17, 15) is 9.59 Å². The first-order valence-electron chi connectivity index (χ1n) is 10.8. The lowest BCUT2D eigenvalue weighted by Crippen LogP contribution is -2.31. The van der Waals surface area contributed by atoms with Crippen LogP contribution in [0.25, 0.3) is 0 Å². The first-order valence-corrected chi connectivity index (χ1v) is 10.8. The molecule has 0 bridgehead atoms. The molecule has 0 radical (unpaired) electrons. The summed E-state index contributed by atoms with van der Waals surface area (Å²) >= 11 is 0. The van der Waals surface area contributed by atoms with E-state index in [0.29, 0.717) is 36.2 Å². The van der Waals surface area contributed by atoms with Crippen LogP contribution >= 0.6 is 0 Å². The number of benzene rings is 2. The summed E-state index contributed by atoms with van der Waals surface area (Å²) in [6.45, 7) is 5.79. The van der Waals surface area contributed by atoms with Gasteiger partial charge in [0.05, 0.1) is 39.1 Å². The predicted octanol–water partition coefficient (Wildman–Crippen LogP) is 3.80. The molecule has 2 aliphatic heterocycles. The van der Waals surface area contributed by atoms with Crippen LogP contribution in [0.5, 0.6) is 23.0 Å². The number of carbonyl (C=O) groups is 2. The lowest BCUT2D eigenvalue weighted by Gasteiger charge is -2.30. The van der Waals surface area contributed by atoms with Crippen molar-refractivity contribution in [2.24, 2.45) is 11.8 Å². The maximum Gasteiger partial charge on any atom is 0.308 e. The third-order valence-electron chi connectivity index (χ3n) is 6.40. The van der Waals surface area contributed by atoms with Crippen LogP contribution in [0, 0.1) is 11.8 Å². The van der Waals surface area contributed by atoms with Crippen LogP contribution < -0.4 is 18.9 Å². The van der Waals surface area contributed by atoms with Gasteiger partial charge in [-0.3, -0.25) is 9.59 Å². The van der Waals surface area contributed by atoms with Crippen molar-refractivity contribution in [3.05, 3.63) is 47.5 Å². The van der Waals surface area contributed by atoms with Crippen LogP contribution in [-0.2, 0) is 24.7 Å². The Morgan fingerprint density at radius 1 is 0.879 bits per heavy atom. The van der Waals surface area contributed by atoms with Crippen LogP contribution in [0.15, 0.2) is 36.4 Å². The highest BCUT2D eigenvalue weighted by Gasteiger charge is 2.54. The summed E-state index contributed by atoms with van der Waals surface area (Å²) in [6.07, 6.45) is -0.181. The largest absolute Gasteiger partial charge is 0.493 e. The molecule has 2 aromatic rings. The minimum absolute atomic E-state index is 0.103. The zero-order valence-corrected chi connectivity index (χ0v) is 19.4. The number of ether oxygens (including phenoxy) is 6. The Balaban J connectivity index is 1.59. The highest BCUT2D eigenvalue weighted by atomic mass is 16.6. The van der Waals surface area contributed by atoms with Crippen LogP contribution in [0.2, 0.25) is 0 Å². The molecule has 8 nitrogen and oxygen atoms in total. The van der Waals surface area contributed by atoms with E-state index in [-0.39, 0.29) is 17.9 Å². The maximum atomic E-state index is 11.4. The lowest BCUT2D eigenvalue weighted by atomic mass is 9.77. The molecule has 0 amide bonds. The van der Waals surface area contributed by atoms with Crippen molar-refractivity contribution in [2.75, 3.05) is 27.4 Å². The Morgan fingerprint density at radius 2 is 1.48 bits per heavy atom. The predicted molar refractivity (Wildman–Crippen MR) is 118 cm³/mol. The van der Waals surface area contributed by atoms with E-state index in [1.54, 1.807) is 12.1 Å². The summed E-state index contributed by atoms with van der Waals surface area (Å²) in [6, 6.07) is 10.9. The number of hydrogen-bond donors (Lipinski definition) is 0. The van der Waals surface area contributed by atoms with Gasteiger partial charge < -0.3 is 28.4 Å². The SMILES string of the molecule is COc1cc([C@H]2OC[C@H]3[C@@H]2CO[C@]3(C)c2ccc(OC(C)=O)c(OC)c2)ccc1OC(C)=O. The highest BCUT2D eigenvalue weighted by Crippen LogP contribution is 2.54. The monoisotopic (exact) mass is 456 g/mol. The first kappa shape index (κ1) is 23.1. The quantitative estimate of drug-likeness (QED) is 0.479. The third kappa shape index (κ3) is 4.28. The molecule has 0 saturated carbocycles. The summed E-state index contributed by atoms with van der Waals surface area (Å²) in [5.41, 5.74) is 1.27. The summed E-state index contributed by atoms with van der Waals surface area (Å²) in [5, 5.41) is 0.